The molecule has 1 heterocycles. The highest BCUT2D eigenvalue weighted by Gasteiger charge is 2.34. The number of carbonyl (C=O) groups excluding carboxylic acids is 7. The average Bonchev–Trinajstić information content (AvgIpc) is 3.77. The van der Waals surface area contributed by atoms with Crippen LogP contribution >= 0.6 is 0 Å². The van der Waals surface area contributed by atoms with Crippen LogP contribution in [0.15, 0.2) is 22.5 Å². The normalized spacial score (nSPS) is 14.3. The van der Waals surface area contributed by atoms with Gasteiger partial charge in [-0.1, -0.05) is 34.1 Å². The second-order valence-corrected chi connectivity index (χ2v) is 17.0. The van der Waals surface area contributed by atoms with E-state index < -0.39 is 83.7 Å². The highest BCUT2D eigenvalue weighted by molar-refractivity contribution is 5.97. The van der Waals surface area contributed by atoms with Gasteiger partial charge in [0.1, 0.15) is 36.5 Å². The highest BCUT2D eigenvalue weighted by Crippen LogP contribution is 2.11. The van der Waals surface area contributed by atoms with Gasteiger partial charge in [-0.25, -0.2) is 4.98 Å². The lowest BCUT2D eigenvalue weighted by Crippen LogP contribution is -2.60. The van der Waals surface area contributed by atoms with E-state index in [1.54, 1.807) is 20.9 Å². The van der Waals surface area contributed by atoms with Crippen LogP contribution in [0.5, 0.6) is 0 Å². The Labute approximate surface area is 388 Å². The minimum Gasteiger partial charge on any atom is -0.370 e. The number of aromatic amines is 1. The maximum atomic E-state index is 14.3. The Hall–Kier alpha value is -5.88. The zero-order valence-electron chi connectivity index (χ0n) is 39.4. The molecule has 1 aromatic heterocycles. The van der Waals surface area contributed by atoms with Gasteiger partial charge in [0.2, 0.25) is 35.4 Å². The molecule has 0 aliphatic carbocycles. The van der Waals surface area contributed by atoms with Crippen LogP contribution in [0.2, 0.25) is 0 Å². The number of H-pyrrole nitrogens is 1. The molecule has 0 aliphatic heterocycles. The molecule has 0 radical (unpaired) electrons. The predicted octanol–water partition coefficient (Wildman–Crippen LogP) is -3.28. The number of unbranched alkanes of at least 4 members (excludes halogenated alkanes) is 2. The first kappa shape index (κ1) is 58.1. The smallest absolute Gasteiger partial charge is 0.243 e. The van der Waals surface area contributed by atoms with E-state index >= 15 is 0 Å². The number of aromatic nitrogens is 2. The number of guanidine groups is 2. The van der Waals surface area contributed by atoms with Crippen molar-refractivity contribution in [3.05, 3.63) is 18.2 Å². The summed E-state index contributed by atoms with van der Waals surface area (Å²) in [6, 6.07) is -7.65. The molecular formula is C42H79N17O7. The van der Waals surface area contributed by atoms with Crippen LogP contribution in [0.4, 0.5) is 0 Å². The van der Waals surface area contributed by atoms with Crippen molar-refractivity contribution in [2.45, 2.75) is 147 Å². The van der Waals surface area contributed by atoms with Crippen LogP contribution in [0.25, 0.3) is 0 Å². The Kier molecular flexibility index (Phi) is 28.8. The molecule has 1 rings (SSSR count). The molecule has 1 aromatic rings. The summed E-state index contributed by atoms with van der Waals surface area (Å²) in [5.74, 6) is -4.60. The molecule has 0 saturated carbocycles. The Balaban J connectivity index is 3.53. The van der Waals surface area contributed by atoms with E-state index in [0.717, 1.165) is 0 Å². The monoisotopic (exact) mass is 934 g/mol. The average molecular weight is 934 g/mol. The lowest BCUT2D eigenvalue weighted by Gasteiger charge is -2.28. The molecule has 0 fully saturated rings. The summed E-state index contributed by atoms with van der Waals surface area (Å²) < 4.78 is 0. The quantitative estimate of drug-likeness (QED) is 0.0137. The fourth-order valence-electron chi connectivity index (χ4n) is 6.74. The molecule has 0 spiro atoms. The van der Waals surface area contributed by atoms with Crippen LogP contribution < -0.4 is 71.6 Å². The summed E-state index contributed by atoms with van der Waals surface area (Å²) in [6.07, 6.45) is 7.30. The van der Waals surface area contributed by atoms with Crippen molar-refractivity contribution >= 4 is 53.6 Å². The van der Waals surface area contributed by atoms with Gasteiger partial charge in [0.05, 0.1) is 18.4 Å². The number of nitrogens with one attached hydrogen (secondary N) is 8. The molecule has 374 valence electrons. The fraction of sp³-hybridized carbons (Fsp3) is 0.714. The maximum absolute atomic E-state index is 14.3. The highest BCUT2D eigenvalue weighted by atomic mass is 16.2. The van der Waals surface area contributed by atoms with Crippen LogP contribution in [0.1, 0.15) is 104 Å². The summed E-state index contributed by atoms with van der Waals surface area (Å²) >= 11 is 0. The first-order valence-electron chi connectivity index (χ1n) is 22.8. The molecule has 24 heteroatoms. The van der Waals surface area contributed by atoms with Crippen LogP contribution in [0, 0.1) is 11.8 Å². The SMILES string of the molecule is CNCCCC[C@H](NC(=O)[C@H](CCCN=C(N)N)NC(=O)[C@H](Cc1cnc[nH]1)NC(=O)[C@H](CCCN=C(N)N)NC(=O)[C@@H](N)CCCCN)C(=O)N[C@H](C(=O)N[C@H](C=O)CC(C)C)C(C)C. The van der Waals surface area contributed by atoms with Gasteiger partial charge in [0.15, 0.2) is 11.9 Å². The van der Waals surface area contributed by atoms with Crippen molar-refractivity contribution < 1.29 is 33.6 Å². The van der Waals surface area contributed by atoms with Gasteiger partial charge in [0, 0.05) is 31.4 Å². The minimum absolute atomic E-state index is 0.00134. The van der Waals surface area contributed by atoms with Gasteiger partial charge in [-0.15, -0.1) is 0 Å². The van der Waals surface area contributed by atoms with Gasteiger partial charge in [-0.05, 0) is 96.2 Å². The minimum atomic E-state index is -1.32. The number of imidazole rings is 1. The van der Waals surface area contributed by atoms with Crippen molar-refractivity contribution in [2.24, 2.45) is 56.2 Å². The number of hydrogen-bond acceptors (Lipinski definition) is 13. The molecule has 0 saturated heterocycles. The van der Waals surface area contributed by atoms with Gasteiger partial charge in [-0.2, -0.15) is 0 Å². The fourth-order valence-corrected chi connectivity index (χ4v) is 6.74. The predicted molar refractivity (Wildman–Crippen MR) is 253 cm³/mol. The van der Waals surface area contributed by atoms with E-state index in [0.29, 0.717) is 63.6 Å². The molecule has 0 unspecified atom stereocenters. The number of hydrogen-bond donors (Lipinski definition) is 14. The van der Waals surface area contributed by atoms with Crippen molar-refractivity contribution in [2.75, 3.05) is 33.2 Å². The van der Waals surface area contributed by atoms with E-state index in [-0.39, 0.29) is 69.5 Å². The number of nitrogens with two attached hydrogens (primary N) is 6. The van der Waals surface area contributed by atoms with Crippen LogP contribution in [-0.4, -0.2) is 139 Å². The second-order valence-electron chi connectivity index (χ2n) is 17.0. The summed E-state index contributed by atoms with van der Waals surface area (Å²) in [7, 11) is 1.79. The molecule has 6 amide bonds. The number of amides is 6. The van der Waals surface area contributed by atoms with Gasteiger partial charge < -0.3 is 81.4 Å². The summed E-state index contributed by atoms with van der Waals surface area (Å²) in [4.78, 5) is 110. The molecule has 0 aliphatic rings. The second kappa shape index (κ2) is 32.7. The van der Waals surface area contributed by atoms with Crippen LogP contribution in [0.3, 0.4) is 0 Å². The van der Waals surface area contributed by atoms with E-state index in [9.17, 15) is 33.6 Å². The number of carbonyl (C=O) groups is 7. The topological polar surface area (TPSA) is 413 Å². The Bertz CT molecular complexity index is 1680. The third-order valence-electron chi connectivity index (χ3n) is 10.3. The molecule has 66 heavy (non-hydrogen) atoms. The molecule has 7 atom stereocenters. The summed E-state index contributed by atoms with van der Waals surface area (Å²) in [5, 5.41) is 19.5. The van der Waals surface area contributed by atoms with E-state index in [1.165, 1.54) is 12.5 Å². The third kappa shape index (κ3) is 24.4. The van der Waals surface area contributed by atoms with Crippen molar-refractivity contribution in [3.63, 3.8) is 0 Å². The number of aliphatic imine (C=N–C) groups is 2. The lowest BCUT2D eigenvalue weighted by molar-refractivity contribution is -0.135. The van der Waals surface area contributed by atoms with E-state index in [1.807, 2.05) is 13.8 Å². The zero-order chi connectivity index (χ0) is 49.6. The van der Waals surface area contributed by atoms with E-state index in [2.05, 4.69) is 57.2 Å². The summed E-state index contributed by atoms with van der Waals surface area (Å²) in [6.45, 7) is 8.64. The number of nitrogens with zero attached hydrogens (tertiary/aromatic N) is 3. The summed E-state index contributed by atoms with van der Waals surface area (Å²) in [5.41, 5.74) is 34.2. The molecule has 0 bridgehead atoms. The van der Waals surface area contributed by atoms with Crippen molar-refractivity contribution in [1.29, 1.82) is 0 Å². The number of rotatable bonds is 35. The first-order chi connectivity index (χ1) is 31.3. The van der Waals surface area contributed by atoms with E-state index in [4.69, 9.17) is 34.4 Å². The number of aldehydes is 1. The van der Waals surface area contributed by atoms with Gasteiger partial charge in [-0.3, -0.25) is 38.8 Å². The van der Waals surface area contributed by atoms with Crippen LogP contribution in [-0.2, 0) is 40.0 Å². The molecular weight excluding hydrogens is 855 g/mol. The Morgan fingerprint density at radius 2 is 1.17 bits per heavy atom. The zero-order valence-corrected chi connectivity index (χ0v) is 39.4. The molecule has 0 aromatic carbocycles. The van der Waals surface area contributed by atoms with Crippen molar-refractivity contribution in [1.82, 2.24) is 47.2 Å². The lowest BCUT2D eigenvalue weighted by atomic mass is 9.99. The maximum Gasteiger partial charge on any atom is 0.243 e. The Morgan fingerprint density at radius 3 is 1.64 bits per heavy atom. The van der Waals surface area contributed by atoms with Crippen molar-refractivity contribution in [3.8, 4) is 0 Å². The molecule has 20 N–H and O–H groups in total. The van der Waals surface area contributed by atoms with Gasteiger partial charge in [0.25, 0.3) is 0 Å². The Morgan fingerprint density at radius 1 is 0.667 bits per heavy atom. The third-order valence-corrected chi connectivity index (χ3v) is 10.3. The largest absolute Gasteiger partial charge is 0.370 e. The molecule has 24 nitrogen and oxygen atoms in total. The first-order valence-corrected chi connectivity index (χ1v) is 22.8. The standard InChI is InChI=1S/C42H79N17O7/c1-25(2)20-28(23-60)54-40(66)34(26(3)4)59-38(64)30(13-7-9-17-49-5)56-36(62)32(15-11-19-52-42(47)48)57-39(65)33(21-27-22-50-24-53-27)58-37(63)31(14-10-18-51-41(45)46)55-35(61)29(44)12-6-8-16-43/h22-26,28-34,49H,6-21,43-44H2,1-5H3,(H,50,53)(H,54,66)(H,55,61)(H,56,62)(H,57,65)(H,58,63)(H,59,64)(H4,45,46,51)(H4,47,48,52)/t28-,29-,30-,31-,32-,33-,34-/m0/s1. The van der Waals surface area contributed by atoms with Gasteiger partial charge >= 0.3 is 0 Å².